The van der Waals surface area contributed by atoms with Crippen LogP contribution in [0.5, 0.6) is 0 Å². The summed E-state index contributed by atoms with van der Waals surface area (Å²) in [5.41, 5.74) is 7.73. The number of carbonyl (C=O) groups excluding carboxylic acids is 1. The zero-order valence-electron chi connectivity index (χ0n) is 17.0. The number of fused-ring (bicyclic) bond motifs is 2. The summed E-state index contributed by atoms with van der Waals surface area (Å²) in [6, 6.07) is 13.6. The van der Waals surface area contributed by atoms with Crippen LogP contribution in [0.25, 0.3) is 5.76 Å². The standard InChI is InChI=1S/C22H21ClN2O5S/c1-3-25-16-8-6-5-7-15(16)19-20(31(25,27)28)17(13-9-11-14(23)12-10-13)18(21(24)30-19)22(26)29-4-2/h5-12,17H,3-4,24H2,1-2H3. The first-order valence-corrected chi connectivity index (χ1v) is 11.6. The van der Waals surface area contributed by atoms with Gasteiger partial charge in [-0.3, -0.25) is 4.31 Å². The predicted molar refractivity (Wildman–Crippen MR) is 118 cm³/mol. The zero-order chi connectivity index (χ0) is 22.3. The fourth-order valence-electron chi connectivity index (χ4n) is 3.95. The molecule has 9 heteroatoms. The van der Waals surface area contributed by atoms with Crippen molar-refractivity contribution in [3.63, 3.8) is 0 Å². The molecule has 0 aliphatic carbocycles. The van der Waals surface area contributed by atoms with Crippen LogP contribution in [-0.4, -0.2) is 27.5 Å². The summed E-state index contributed by atoms with van der Waals surface area (Å²) in [7, 11) is -4.04. The third kappa shape index (κ3) is 3.36. The maximum absolute atomic E-state index is 13.8. The van der Waals surface area contributed by atoms with Gasteiger partial charge in [0.1, 0.15) is 10.5 Å². The number of halogens is 1. The van der Waals surface area contributed by atoms with Gasteiger partial charge in [0.05, 0.1) is 18.2 Å². The van der Waals surface area contributed by atoms with E-state index in [2.05, 4.69) is 0 Å². The molecule has 0 amide bonds. The first kappa shape index (κ1) is 21.3. The Hall–Kier alpha value is -2.97. The smallest absolute Gasteiger partial charge is 0.340 e. The van der Waals surface area contributed by atoms with Crippen molar-refractivity contribution < 1.29 is 22.7 Å². The fraction of sp³-hybridized carbons (Fsp3) is 0.227. The number of rotatable bonds is 4. The molecule has 1 atom stereocenters. The Kier molecular flexibility index (Phi) is 5.45. The van der Waals surface area contributed by atoms with Crippen LogP contribution in [0.3, 0.4) is 0 Å². The van der Waals surface area contributed by atoms with Crippen LogP contribution in [0.4, 0.5) is 5.69 Å². The van der Waals surface area contributed by atoms with Crippen LogP contribution in [0.15, 0.2) is 64.9 Å². The van der Waals surface area contributed by atoms with Crippen molar-refractivity contribution in [3.8, 4) is 0 Å². The average molecular weight is 461 g/mol. The van der Waals surface area contributed by atoms with Crippen LogP contribution in [0.2, 0.25) is 5.02 Å². The number of hydrogen-bond donors (Lipinski definition) is 1. The van der Waals surface area contributed by atoms with Crippen molar-refractivity contribution in [2.45, 2.75) is 19.8 Å². The number of sulfonamides is 1. The molecule has 0 fully saturated rings. The van der Waals surface area contributed by atoms with Crippen LogP contribution < -0.4 is 10.0 Å². The minimum Gasteiger partial charge on any atom is -0.462 e. The predicted octanol–water partition coefficient (Wildman–Crippen LogP) is 3.73. The van der Waals surface area contributed by atoms with E-state index in [0.717, 1.165) is 0 Å². The number of esters is 1. The first-order valence-electron chi connectivity index (χ1n) is 9.77. The number of allylic oxidation sites excluding steroid dienone is 1. The minimum atomic E-state index is -4.04. The van der Waals surface area contributed by atoms with Gasteiger partial charge >= 0.3 is 5.97 Å². The van der Waals surface area contributed by atoms with Crippen LogP contribution in [0, 0.1) is 0 Å². The molecule has 31 heavy (non-hydrogen) atoms. The van der Waals surface area contributed by atoms with Gasteiger partial charge in [-0.05, 0) is 43.7 Å². The molecule has 0 spiro atoms. The molecule has 7 nitrogen and oxygen atoms in total. The third-order valence-corrected chi connectivity index (χ3v) is 7.49. The lowest BCUT2D eigenvalue weighted by atomic mass is 9.87. The van der Waals surface area contributed by atoms with Gasteiger partial charge in [0, 0.05) is 17.1 Å². The molecule has 1 unspecified atom stereocenters. The van der Waals surface area contributed by atoms with E-state index in [0.29, 0.717) is 21.8 Å². The molecular weight excluding hydrogens is 440 g/mol. The van der Waals surface area contributed by atoms with Gasteiger partial charge in [0.25, 0.3) is 10.0 Å². The lowest BCUT2D eigenvalue weighted by molar-refractivity contribution is -0.139. The summed E-state index contributed by atoms with van der Waals surface area (Å²) >= 11 is 6.04. The Morgan fingerprint density at radius 2 is 1.84 bits per heavy atom. The highest BCUT2D eigenvalue weighted by molar-refractivity contribution is 7.97. The Balaban J connectivity index is 2.04. The van der Waals surface area contributed by atoms with Gasteiger partial charge in [-0.15, -0.1) is 0 Å². The van der Waals surface area contributed by atoms with Gasteiger partial charge in [-0.1, -0.05) is 35.9 Å². The average Bonchev–Trinajstić information content (AvgIpc) is 2.73. The molecule has 0 saturated carbocycles. The highest BCUT2D eigenvalue weighted by atomic mass is 35.5. The molecular formula is C22H21ClN2O5S. The SMILES string of the molecule is CCOC(=O)C1=C(N)OC2=C(C1c1ccc(Cl)cc1)S(=O)(=O)N(CC)c1ccccc12. The van der Waals surface area contributed by atoms with Crippen molar-refractivity contribution in [2.24, 2.45) is 5.73 Å². The van der Waals surface area contributed by atoms with Crippen molar-refractivity contribution in [2.75, 3.05) is 17.5 Å². The fourth-order valence-corrected chi connectivity index (χ4v) is 6.00. The molecule has 2 aromatic carbocycles. The largest absolute Gasteiger partial charge is 0.462 e. The number of ether oxygens (including phenoxy) is 2. The van der Waals surface area contributed by atoms with E-state index in [9.17, 15) is 13.2 Å². The summed E-state index contributed by atoms with van der Waals surface area (Å²) in [4.78, 5) is 12.8. The van der Waals surface area contributed by atoms with Crippen LogP contribution >= 0.6 is 11.6 Å². The van der Waals surface area contributed by atoms with Gasteiger partial charge < -0.3 is 15.2 Å². The number of benzene rings is 2. The molecule has 162 valence electrons. The Morgan fingerprint density at radius 1 is 1.16 bits per heavy atom. The quantitative estimate of drug-likeness (QED) is 0.698. The Labute approximate surface area is 185 Å². The maximum atomic E-state index is 13.8. The van der Waals surface area contributed by atoms with Crippen molar-refractivity contribution >= 4 is 39.0 Å². The number of nitrogens with zero attached hydrogens (tertiary/aromatic N) is 1. The Morgan fingerprint density at radius 3 is 2.48 bits per heavy atom. The van der Waals surface area contributed by atoms with E-state index in [1.165, 1.54) is 4.31 Å². The minimum absolute atomic E-state index is 0.0485. The number of carbonyl (C=O) groups is 1. The monoisotopic (exact) mass is 460 g/mol. The molecule has 0 aromatic heterocycles. The molecule has 4 rings (SSSR count). The number of nitrogens with two attached hydrogens (primary N) is 1. The Bertz CT molecular complexity index is 1220. The maximum Gasteiger partial charge on any atom is 0.340 e. The topological polar surface area (TPSA) is 98.9 Å². The molecule has 0 saturated heterocycles. The molecule has 2 heterocycles. The second kappa shape index (κ2) is 7.94. The number of anilines is 1. The van der Waals surface area contributed by atoms with E-state index in [-0.39, 0.29) is 35.3 Å². The van der Waals surface area contributed by atoms with Crippen molar-refractivity contribution in [1.29, 1.82) is 0 Å². The molecule has 2 aliphatic rings. The number of hydrogen-bond acceptors (Lipinski definition) is 6. The summed E-state index contributed by atoms with van der Waals surface area (Å²) in [5, 5.41) is 0.478. The van der Waals surface area contributed by atoms with Crippen LogP contribution in [0.1, 0.15) is 30.9 Å². The van der Waals surface area contributed by atoms with E-state index in [4.69, 9.17) is 26.8 Å². The summed E-state index contributed by atoms with van der Waals surface area (Å²) in [6.07, 6.45) is 0. The van der Waals surface area contributed by atoms with Gasteiger partial charge in [0.15, 0.2) is 5.76 Å². The number of para-hydroxylation sites is 1. The summed E-state index contributed by atoms with van der Waals surface area (Å²) in [5.74, 6) is -1.81. The van der Waals surface area contributed by atoms with E-state index < -0.39 is 21.9 Å². The summed E-state index contributed by atoms with van der Waals surface area (Å²) in [6.45, 7) is 3.72. The highest BCUT2D eigenvalue weighted by Gasteiger charge is 2.48. The second-order valence-electron chi connectivity index (χ2n) is 6.97. The van der Waals surface area contributed by atoms with E-state index >= 15 is 0 Å². The molecule has 0 radical (unpaired) electrons. The molecule has 0 bridgehead atoms. The van der Waals surface area contributed by atoms with Crippen LogP contribution in [-0.2, 0) is 24.3 Å². The normalized spacial score (nSPS) is 19.5. The molecule has 2 aliphatic heterocycles. The third-order valence-electron chi connectivity index (χ3n) is 5.22. The van der Waals surface area contributed by atoms with E-state index in [1.54, 1.807) is 62.4 Å². The highest BCUT2D eigenvalue weighted by Crippen LogP contribution is 2.51. The van der Waals surface area contributed by atoms with Gasteiger partial charge in [-0.2, -0.15) is 0 Å². The molecule has 2 aromatic rings. The van der Waals surface area contributed by atoms with E-state index in [1.807, 2.05) is 0 Å². The zero-order valence-corrected chi connectivity index (χ0v) is 18.5. The first-order chi connectivity index (χ1) is 14.8. The van der Waals surface area contributed by atoms with Gasteiger partial charge in [0.2, 0.25) is 5.88 Å². The van der Waals surface area contributed by atoms with Crippen molar-refractivity contribution in [1.82, 2.24) is 0 Å². The lowest BCUT2D eigenvalue weighted by Crippen LogP contribution is -2.40. The lowest BCUT2D eigenvalue weighted by Gasteiger charge is -2.38. The summed E-state index contributed by atoms with van der Waals surface area (Å²) < 4.78 is 39.8. The second-order valence-corrected chi connectivity index (χ2v) is 9.23. The van der Waals surface area contributed by atoms with Gasteiger partial charge in [-0.25, -0.2) is 13.2 Å². The van der Waals surface area contributed by atoms with Crippen molar-refractivity contribution in [3.05, 3.63) is 81.0 Å². The molecule has 2 N–H and O–H groups in total.